The highest BCUT2D eigenvalue weighted by Gasteiger charge is 2.26. The predicted octanol–water partition coefficient (Wildman–Crippen LogP) is 4.64. The highest BCUT2D eigenvalue weighted by atomic mass is 32.1. The summed E-state index contributed by atoms with van der Waals surface area (Å²) in [6.45, 7) is 0. The van der Waals surface area contributed by atoms with E-state index in [1.165, 1.54) is 25.3 Å². The van der Waals surface area contributed by atoms with Crippen LogP contribution in [0.25, 0.3) is 6.08 Å². The number of nitrogens with one attached hydrogen (secondary N) is 1. The molecule has 4 nitrogen and oxygen atoms in total. The molecule has 0 aromatic heterocycles. The summed E-state index contributed by atoms with van der Waals surface area (Å²) in [5, 5.41) is 3.59. The van der Waals surface area contributed by atoms with Gasteiger partial charge in [0.25, 0.3) is 0 Å². The summed E-state index contributed by atoms with van der Waals surface area (Å²) in [6, 6.07) is 13.9. The maximum atomic E-state index is 13.1. The second-order valence-corrected chi connectivity index (χ2v) is 7.41. The van der Waals surface area contributed by atoms with Gasteiger partial charge in [-0.15, -0.1) is 0 Å². The van der Waals surface area contributed by atoms with E-state index in [1.54, 1.807) is 25.3 Å². The number of ketones is 1. The number of halogens is 1. The molecule has 30 heavy (non-hydrogen) atoms. The number of methoxy groups -OCH3 is 2. The molecule has 1 aliphatic rings. The Morgan fingerprint density at radius 3 is 2.37 bits per heavy atom. The lowest BCUT2D eigenvalue weighted by Crippen LogP contribution is -2.25. The normalized spacial score (nSPS) is 14.2. The van der Waals surface area contributed by atoms with Crippen molar-refractivity contribution in [1.29, 1.82) is 0 Å². The van der Waals surface area contributed by atoms with Crippen LogP contribution in [0.2, 0.25) is 0 Å². The van der Waals surface area contributed by atoms with Crippen molar-refractivity contribution in [3.8, 4) is 5.75 Å². The van der Waals surface area contributed by atoms with Crippen molar-refractivity contribution in [2.45, 2.75) is 25.3 Å². The number of carbonyl (C=O) groups excluding carboxylic acids is 1. The molecular formula is C24H24FNO3S. The van der Waals surface area contributed by atoms with E-state index in [-0.39, 0.29) is 16.7 Å². The second kappa shape index (κ2) is 10.2. The predicted molar refractivity (Wildman–Crippen MR) is 120 cm³/mol. The van der Waals surface area contributed by atoms with Crippen molar-refractivity contribution < 1.29 is 18.7 Å². The number of hydrogen-bond acceptors (Lipinski definition) is 5. The molecule has 0 spiro atoms. The SMILES string of the molecule is COC(=S)C(C(=O)C=Cc1ccc(F)cc1)=C(Cc1ccc(OC)cc1)NC1CC1. The van der Waals surface area contributed by atoms with Crippen molar-refractivity contribution in [2.24, 2.45) is 0 Å². The summed E-state index contributed by atoms with van der Waals surface area (Å²) in [4.78, 5) is 13.1. The Morgan fingerprint density at radius 1 is 1.13 bits per heavy atom. The van der Waals surface area contributed by atoms with Crippen LogP contribution in [0.4, 0.5) is 4.39 Å². The van der Waals surface area contributed by atoms with E-state index in [0.717, 1.165) is 35.4 Å². The maximum Gasteiger partial charge on any atom is 0.196 e. The number of hydrogen-bond donors (Lipinski definition) is 1. The van der Waals surface area contributed by atoms with Gasteiger partial charge in [0.05, 0.1) is 19.8 Å². The lowest BCUT2D eigenvalue weighted by molar-refractivity contribution is -0.111. The van der Waals surface area contributed by atoms with E-state index in [9.17, 15) is 9.18 Å². The van der Waals surface area contributed by atoms with E-state index in [0.29, 0.717) is 18.0 Å². The van der Waals surface area contributed by atoms with E-state index in [1.807, 2.05) is 24.3 Å². The van der Waals surface area contributed by atoms with Gasteiger partial charge in [-0.05, 0) is 66.5 Å². The first-order valence-electron chi connectivity index (χ1n) is 9.69. The van der Waals surface area contributed by atoms with Gasteiger partial charge in [0.1, 0.15) is 11.6 Å². The molecule has 0 amide bonds. The first-order chi connectivity index (χ1) is 14.5. The Hall–Kier alpha value is -2.99. The molecule has 0 heterocycles. The average molecular weight is 426 g/mol. The molecular weight excluding hydrogens is 401 g/mol. The summed E-state index contributed by atoms with van der Waals surface area (Å²) in [6.07, 6.45) is 5.70. The zero-order valence-corrected chi connectivity index (χ0v) is 17.8. The molecule has 1 N–H and O–H groups in total. The fourth-order valence-electron chi connectivity index (χ4n) is 2.94. The Morgan fingerprint density at radius 2 is 1.80 bits per heavy atom. The molecule has 3 rings (SSSR count). The maximum absolute atomic E-state index is 13.1. The van der Waals surface area contributed by atoms with Gasteiger partial charge in [-0.25, -0.2) is 4.39 Å². The second-order valence-electron chi connectivity index (χ2n) is 7.04. The Kier molecular flexibility index (Phi) is 7.36. The summed E-state index contributed by atoms with van der Waals surface area (Å²) >= 11 is 5.36. The number of allylic oxidation sites excluding steroid dienone is 2. The minimum atomic E-state index is -0.324. The Labute approximate surface area is 181 Å². The molecule has 2 aromatic rings. The number of carbonyl (C=O) groups is 1. The van der Waals surface area contributed by atoms with Crippen LogP contribution in [0, 0.1) is 5.82 Å². The molecule has 2 aromatic carbocycles. The van der Waals surface area contributed by atoms with Crippen LogP contribution >= 0.6 is 12.2 Å². The topological polar surface area (TPSA) is 47.6 Å². The third-order valence-corrected chi connectivity index (χ3v) is 5.10. The van der Waals surface area contributed by atoms with Crippen molar-refractivity contribution in [1.82, 2.24) is 5.32 Å². The van der Waals surface area contributed by atoms with E-state index in [4.69, 9.17) is 21.7 Å². The quantitative estimate of drug-likeness (QED) is 0.469. The number of rotatable bonds is 9. The van der Waals surface area contributed by atoms with Crippen LogP contribution in [0.1, 0.15) is 24.0 Å². The summed E-state index contributed by atoms with van der Waals surface area (Å²) < 4.78 is 23.6. The van der Waals surface area contributed by atoms with E-state index in [2.05, 4.69) is 5.32 Å². The van der Waals surface area contributed by atoms with Crippen molar-refractivity contribution in [3.63, 3.8) is 0 Å². The smallest absolute Gasteiger partial charge is 0.196 e. The fourth-order valence-corrected chi connectivity index (χ4v) is 3.16. The zero-order valence-electron chi connectivity index (χ0n) is 17.0. The van der Waals surface area contributed by atoms with Crippen molar-refractivity contribution in [2.75, 3.05) is 14.2 Å². The van der Waals surface area contributed by atoms with E-state index < -0.39 is 0 Å². The molecule has 0 atom stereocenters. The zero-order chi connectivity index (χ0) is 21.5. The van der Waals surface area contributed by atoms with Crippen molar-refractivity contribution in [3.05, 3.63) is 82.8 Å². The number of benzene rings is 2. The molecule has 0 saturated heterocycles. The highest BCUT2D eigenvalue weighted by Crippen LogP contribution is 2.24. The third kappa shape index (κ3) is 6.00. The van der Waals surface area contributed by atoms with Gasteiger partial charge < -0.3 is 14.8 Å². The van der Waals surface area contributed by atoms with Crippen molar-refractivity contribution >= 4 is 29.1 Å². The lowest BCUT2D eigenvalue weighted by Gasteiger charge is -2.16. The Balaban J connectivity index is 1.91. The summed E-state index contributed by atoms with van der Waals surface area (Å²) in [5.41, 5.74) is 2.82. The molecule has 0 bridgehead atoms. The average Bonchev–Trinajstić information content (AvgIpc) is 3.58. The van der Waals surface area contributed by atoms with Gasteiger partial charge in [0.15, 0.2) is 10.8 Å². The lowest BCUT2D eigenvalue weighted by atomic mass is 10.0. The molecule has 0 aliphatic heterocycles. The van der Waals surface area contributed by atoms with Crippen LogP contribution in [0.15, 0.2) is 65.9 Å². The van der Waals surface area contributed by atoms with Crippen LogP contribution in [-0.4, -0.2) is 31.1 Å². The van der Waals surface area contributed by atoms with Gasteiger partial charge in [-0.1, -0.05) is 30.3 Å². The largest absolute Gasteiger partial charge is 0.497 e. The number of ether oxygens (including phenoxy) is 2. The summed E-state index contributed by atoms with van der Waals surface area (Å²) in [7, 11) is 3.08. The van der Waals surface area contributed by atoms with Gasteiger partial charge in [-0.2, -0.15) is 0 Å². The van der Waals surface area contributed by atoms with Crippen LogP contribution in [-0.2, 0) is 16.0 Å². The van der Waals surface area contributed by atoms with Gasteiger partial charge in [0.2, 0.25) is 0 Å². The van der Waals surface area contributed by atoms with Crippen LogP contribution < -0.4 is 10.1 Å². The fraction of sp³-hybridized carbons (Fsp3) is 0.250. The minimum Gasteiger partial charge on any atom is -0.497 e. The standard InChI is InChI=1S/C24H24FNO3S/c1-28-20-12-5-17(6-13-20)15-21(26-19-10-11-19)23(24(30)29-2)22(27)14-7-16-3-8-18(25)9-4-16/h3-9,12-14,19,26H,10-11,15H2,1-2H3. The molecule has 1 fully saturated rings. The highest BCUT2D eigenvalue weighted by molar-refractivity contribution is 7.80. The van der Waals surface area contributed by atoms with E-state index >= 15 is 0 Å². The third-order valence-electron chi connectivity index (χ3n) is 4.73. The Bertz CT molecular complexity index is 961. The summed E-state index contributed by atoms with van der Waals surface area (Å²) in [5.74, 6) is 0.184. The first-order valence-corrected chi connectivity index (χ1v) is 10.1. The molecule has 0 radical (unpaired) electrons. The number of thiocarbonyl (C=S) groups is 1. The molecule has 6 heteroatoms. The molecule has 1 aliphatic carbocycles. The minimum absolute atomic E-state index is 0.139. The van der Waals surface area contributed by atoms with Gasteiger partial charge in [-0.3, -0.25) is 4.79 Å². The molecule has 0 unspecified atom stereocenters. The van der Waals surface area contributed by atoms with Crippen LogP contribution in [0.5, 0.6) is 5.75 Å². The van der Waals surface area contributed by atoms with Crippen LogP contribution in [0.3, 0.4) is 0 Å². The monoisotopic (exact) mass is 425 g/mol. The molecule has 1 saturated carbocycles. The van der Waals surface area contributed by atoms with Gasteiger partial charge >= 0.3 is 0 Å². The first kappa shape index (κ1) is 21.7. The molecule has 156 valence electrons. The van der Waals surface area contributed by atoms with Gasteiger partial charge in [0, 0.05) is 18.2 Å².